The lowest BCUT2D eigenvalue weighted by Gasteiger charge is -2.27. The molecule has 4 rings (SSSR count). The van der Waals surface area contributed by atoms with Crippen molar-refractivity contribution in [2.75, 3.05) is 18.4 Å². The topological polar surface area (TPSA) is 49.8 Å². The molecule has 1 aliphatic rings. The summed E-state index contributed by atoms with van der Waals surface area (Å²) in [6.45, 7) is 4.00. The van der Waals surface area contributed by atoms with Gasteiger partial charge in [-0.1, -0.05) is 23.7 Å². The van der Waals surface area contributed by atoms with Crippen molar-refractivity contribution in [3.63, 3.8) is 0 Å². The van der Waals surface area contributed by atoms with Gasteiger partial charge >= 0.3 is 0 Å². The first-order chi connectivity index (χ1) is 11.7. The Kier molecular flexibility index (Phi) is 4.22. The molecule has 122 valence electrons. The van der Waals surface area contributed by atoms with Gasteiger partial charge in [0.05, 0.1) is 15.7 Å². The van der Waals surface area contributed by atoms with Crippen molar-refractivity contribution in [3.05, 3.63) is 58.1 Å². The standard InChI is InChI=1S/C18H17ClN4S/c1-11-6-7-17(24-11)22-16-8-15(12-9-20-10-12)21-18(23-16)13-4-2-3-5-14(13)19/h2-8,12,20H,9-10H2,1H3,(H,21,22,23). The van der Waals surface area contributed by atoms with Crippen molar-refractivity contribution in [2.24, 2.45) is 0 Å². The molecule has 1 aliphatic heterocycles. The Morgan fingerprint density at radius 1 is 1.17 bits per heavy atom. The molecule has 3 heterocycles. The van der Waals surface area contributed by atoms with Crippen LogP contribution in [0.15, 0.2) is 42.5 Å². The fraction of sp³-hybridized carbons (Fsp3) is 0.222. The van der Waals surface area contributed by atoms with Crippen molar-refractivity contribution in [1.29, 1.82) is 0 Å². The predicted octanol–water partition coefficient (Wildman–Crippen LogP) is 4.60. The summed E-state index contributed by atoms with van der Waals surface area (Å²) in [4.78, 5) is 10.7. The van der Waals surface area contributed by atoms with E-state index in [4.69, 9.17) is 16.6 Å². The van der Waals surface area contributed by atoms with Crippen LogP contribution in [-0.2, 0) is 0 Å². The van der Waals surface area contributed by atoms with E-state index in [2.05, 4.69) is 34.7 Å². The molecule has 4 nitrogen and oxygen atoms in total. The summed E-state index contributed by atoms with van der Waals surface area (Å²) in [5.41, 5.74) is 1.91. The number of rotatable bonds is 4. The predicted molar refractivity (Wildman–Crippen MR) is 100 cm³/mol. The van der Waals surface area contributed by atoms with E-state index in [1.165, 1.54) is 4.88 Å². The van der Waals surface area contributed by atoms with Crippen LogP contribution in [0.5, 0.6) is 0 Å². The van der Waals surface area contributed by atoms with E-state index in [-0.39, 0.29) is 0 Å². The molecule has 1 fully saturated rings. The summed E-state index contributed by atoms with van der Waals surface area (Å²) in [7, 11) is 0. The molecule has 2 aromatic heterocycles. The molecule has 0 amide bonds. The van der Waals surface area contributed by atoms with Gasteiger partial charge in [-0.3, -0.25) is 0 Å². The van der Waals surface area contributed by atoms with Crippen molar-refractivity contribution in [2.45, 2.75) is 12.8 Å². The third-order valence-corrected chi connectivity index (χ3v) is 5.30. The maximum Gasteiger partial charge on any atom is 0.163 e. The van der Waals surface area contributed by atoms with E-state index in [1.807, 2.05) is 30.3 Å². The maximum absolute atomic E-state index is 6.34. The second-order valence-electron chi connectivity index (χ2n) is 5.87. The van der Waals surface area contributed by atoms with Crippen LogP contribution >= 0.6 is 22.9 Å². The van der Waals surface area contributed by atoms with Crippen molar-refractivity contribution < 1.29 is 0 Å². The van der Waals surface area contributed by atoms with Gasteiger partial charge in [0.15, 0.2) is 5.82 Å². The lowest BCUT2D eigenvalue weighted by molar-refractivity contribution is 0.440. The van der Waals surface area contributed by atoms with Gasteiger partial charge < -0.3 is 10.6 Å². The zero-order valence-corrected chi connectivity index (χ0v) is 14.8. The second-order valence-corrected chi connectivity index (χ2v) is 7.57. The van der Waals surface area contributed by atoms with Gasteiger partial charge in [-0.05, 0) is 31.2 Å². The van der Waals surface area contributed by atoms with Crippen LogP contribution in [-0.4, -0.2) is 23.1 Å². The molecule has 3 aromatic rings. The highest BCUT2D eigenvalue weighted by atomic mass is 35.5. The third-order valence-electron chi connectivity index (χ3n) is 4.05. The van der Waals surface area contributed by atoms with E-state index in [0.29, 0.717) is 16.8 Å². The minimum absolute atomic E-state index is 0.430. The van der Waals surface area contributed by atoms with Gasteiger partial charge in [0, 0.05) is 35.5 Å². The number of thiophene rings is 1. The Morgan fingerprint density at radius 2 is 2.00 bits per heavy atom. The van der Waals surface area contributed by atoms with Crippen LogP contribution < -0.4 is 10.6 Å². The second kappa shape index (κ2) is 6.51. The molecule has 0 spiro atoms. The molecule has 1 saturated heterocycles. The molecule has 0 atom stereocenters. The van der Waals surface area contributed by atoms with Crippen LogP contribution in [0.3, 0.4) is 0 Å². The Balaban J connectivity index is 1.75. The summed E-state index contributed by atoms with van der Waals surface area (Å²) in [6.07, 6.45) is 0. The van der Waals surface area contributed by atoms with Crippen LogP contribution in [0.1, 0.15) is 16.5 Å². The smallest absolute Gasteiger partial charge is 0.163 e. The lowest BCUT2D eigenvalue weighted by atomic mass is 9.99. The molecule has 2 N–H and O–H groups in total. The molecule has 0 unspecified atom stereocenters. The highest BCUT2D eigenvalue weighted by Gasteiger charge is 2.22. The van der Waals surface area contributed by atoms with Gasteiger partial charge in [-0.15, -0.1) is 11.3 Å². The Labute approximate surface area is 149 Å². The van der Waals surface area contributed by atoms with Crippen LogP contribution in [0.2, 0.25) is 5.02 Å². The molecule has 0 saturated carbocycles. The summed E-state index contributed by atoms with van der Waals surface area (Å²) >= 11 is 8.06. The number of aromatic nitrogens is 2. The van der Waals surface area contributed by atoms with Gasteiger partial charge in [-0.25, -0.2) is 9.97 Å². The average Bonchev–Trinajstić information content (AvgIpc) is 2.91. The molecular formula is C18H17ClN4S. The fourth-order valence-electron chi connectivity index (χ4n) is 2.63. The highest BCUT2D eigenvalue weighted by molar-refractivity contribution is 7.16. The Hall–Kier alpha value is -1.95. The number of nitrogens with zero attached hydrogens (tertiary/aromatic N) is 2. The van der Waals surface area contributed by atoms with Crippen molar-refractivity contribution >= 4 is 33.8 Å². The van der Waals surface area contributed by atoms with Crippen LogP contribution in [0.4, 0.5) is 10.8 Å². The number of halogens is 1. The van der Waals surface area contributed by atoms with E-state index < -0.39 is 0 Å². The lowest BCUT2D eigenvalue weighted by Crippen LogP contribution is -2.40. The van der Waals surface area contributed by atoms with E-state index >= 15 is 0 Å². The highest BCUT2D eigenvalue weighted by Crippen LogP contribution is 2.30. The van der Waals surface area contributed by atoms with Gasteiger partial charge in [0.2, 0.25) is 0 Å². The van der Waals surface area contributed by atoms with E-state index in [1.54, 1.807) is 11.3 Å². The number of hydrogen-bond acceptors (Lipinski definition) is 5. The Bertz CT molecular complexity index is 873. The van der Waals surface area contributed by atoms with E-state index in [0.717, 1.165) is 35.2 Å². The summed E-state index contributed by atoms with van der Waals surface area (Å²) in [5, 5.41) is 8.44. The largest absolute Gasteiger partial charge is 0.332 e. The first kappa shape index (κ1) is 15.6. The van der Waals surface area contributed by atoms with Gasteiger partial charge in [-0.2, -0.15) is 0 Å². The number of benzene rings is 1. The SMILES string of the molecule is Cc1ccc(Nc2cc(C3CNC3)nc(-c3ccccc3Cl)n2)s1. The molecule has 1 aromatic carbocycles. The summed E-state index contributed by atoms with van der Waals surface area (Å²) in [6, 6.07) is 13.9. The molecular weight excluding hydrogens is 340 g/mol. The molecule has 6 heteroatoms. The quantitative estimate of drug-likeness (QED) is 0.717. The molecule has 0 radical (unpaired) electrons. The molecule has 24 heavy (non-hydrogen) atoms. The van der Waals surface area contributed by atoms with Gasteiger partial charge in [0.1, 0.15) is 5.82 Å². The average molecular weight is 357 g/mol. The zero-order valence-electron chi connectivity index (χ0n) is 13.2. The monoisotopic (exact) mass is 356 g/mol. The number of nitrogens with one attached hydrogen (secondary N) is 2. The first-order valence-corrected chi connectivity index (χ1v) is 9.06. The fourth-order valence-corrected chi connectivity index (χ4v) is 3.62. The zero-order chi connectivity index (χ0) is 16.5. The minimum Gasteiger partial charge on any atom is -0.332 e. The number of hydrogen-bond donors (Lipinski definition) is 2. The Morgan fingerprint density at radius 3 is 2.67 bits per heavy atom. The summed E-state index contributed by atoms with van der Waals surface area (Å²) in [5.74, 6) is 1.91. The molecule has 0 bridgehead atoms. The summed E-state index contributed by atoms with van der Waals surface area (Å²) < 4.78 is 0. The van der Waals surface area contributed by atoms with Crippen LogP contribution in [0.25, 0.3) is 11.4 Å². The van der Waals surface area contributed by atoms with Crippen molar-refractivity contribution in [3.8, 4) is 11.4 Å². The van der Waals surface area contributed by atoms with Crippen LogP contribution in [0, 0.1) is 6.92 Å². The first-order valence-electron chi connectivity index (χ1n) is 7.87. The maximum atomic E-state index is 6.34. The number of anilines is 2. The minimum atomic E-state index is 0.430. The van der Waals surface area contributed by atoms with E-state index in [9.17, 15) is 0 Å². The van der Waals surface area contributed by atoms with Crippen molar-refractivity contribution in [1.82, 2.24) is 15.3 Å². The van der Waals surface area contributed by atoms with Gasteiger partial charge in [0.25, 0.3) is 0 Å². The normalized spacial score (nSPS) is 14.4. The molecule has 0 aliphatic carbocycles. The third kappa shape index (κ3) is 3.15. The number of aryl methyl sites for hydroxylation is 1.